The largest absolute Gasteiger partial charge is 0.416 e. The highest BCUT2D eigenvalue weighted by molar-refractivity contribution is 6.69. The van der Waals surface area contributed by atoms with Crippen LogP contribution in [-0.4, -0.2) is 73.9 Å². The molecule has 84 valence electrons. The van der Waals surface area contributed by atoms with E-state index in [-0.39, 0.29) is 0 Å². The van der Waals surface area contributed by atoms with Crippen LogP contribution in [0.25, 0.3) is 0 Å². The Bertz CT molecular complexity index is 150. The van der Waals surface area contributed by atoms with Crippen molar-refractivity contribution in [2.75, 3.05) is 40.3 Å². The minimum Gasteiger partial charge on any atom is -0.416 e. The molecule has 0 saturated carbocycles. The van der Waals surface area contributed by atoms with Gasteiger partial charge in [-0.15, -0.1) is 0 Å². The van der Waals surface area contributed by atoms with Gasteiger partial charge >= 0.3 is 16.5 Å². The van der Waals surface area contributed by atoms with Crippen molar-refractivity contribution < 1.29 is 4.43 Å². The van der Waals surface area contributed by atoms with E-state index in [1.54, 1.807) is 0 Å². The Balaban J connectivity index is 3.40. The normalized spacial score (nSPS) is 12.8. The van der Waals surface area contributed by atoms with Crippen molar-refractivity contribution in [3.63, 3.8) is 0 Å². The van der Waals surface area contributed by atoms with E-state index in [0.29, 0.717) is 0 Å². The fourth-order valence-corrected chi connectivity index (χ4v) is 1.89. The van der Waals surface area contributed by atoms with Crippen molar-refractivity contribution in [3.8, 4) is 0 Å². The fourth-order valence-electron chi connectivity index (χ4n) is 0.990. The topological polar surface area (TPSA) is 15.7 Å². The summed E-state index contributed by atoms with van der Waals surface area (Å²) in [6, 6.07) is 0. The SMILES string of the molecule is C[N]([AlH2])CCN(C)CCO[Si](C)(C)C. The van der Waals surface area contributed by atoms with Gasteiger partial charge in [-0.1, -0.05) is 0 Å². The van der Waals surface area contributed by atoms with E-state index >= 15 is 0 Å². The average Bonchev–Trinajstić information content (AvgIpc) is 1.98. The summed E-state index contributed by atoms with van der Waals surface area (Å²) in [5, 5.41) is 0. The van der Waals surface area contributed by atoms with Crippen molar-refractivity contribution in [3.05, 3.63) is 0 Å². The monoisotopic (exact) mass is 232 g/mol. The van der Waals surface area contributed by atoms with Gasteiger partial charge in [-0.2, -0.15) is 0 Å². The summed E-state index contributed by atoms with van der Waals surface area (Å²) in [4.78, 5) is 2.34. The Labute approximate surface area is 98.2 Å². The molecule has 0 atom stereocenters. The Kier molecular flexibility index (Phi) is 7.31. The second-order valence-corrected chi connectivity index (χ2v) is 11.1. The minimum absolute atomic E-state index is 0.886. The van der Waals surface area contributed by atoms with Crippen LogP contribution in [-0.2, 0) is 4.43 Å². The van der Waals surface area contributed by atoms with Gasteiger partial charge in [0.2, 0.25) is 0 Å². The van der Waals surface area contributed by atoms with Crippen LogP contribution < -0.4 is 0 Å². The maximum Gasteiger partial charge on any atom is 0.321 e. The fraction of sp³-hybridized carbons (Fsp3) is 1.00. The molecule has 0 spiro atoms. The lowest BCUT2D eigenvalue weighted by Crippen LogP contribution is -2.34. The van der Waals surface area contributed by atoms with Crippen LogP contribution in [0.3, 0.4) is 0 Å². The highest BCUT2D eigenvalue weighted by atomic mass is 28.4. The van der Waals surface area contributed by atoms with Crippen LogP contribution in [0.4, 0.5) is 0 Å². The Morgan fingerprint density at radius 3 is 2.07 bits per heavy atom. The van der Waals surface area contributed by atoms with E-state index < -0.39 is 8.32 Å². The Morgan fingerprint density at radius 1 is 1.07 bits per heavy atom. The van der Waals surface area contributed by atoms with E-state index in [4.69, 9.17) is 4.43 Å². The van der Waals surface area contributed by atoms with Crippen molar-refractivity contribution in [2.24, 2.45) is 0 Å². The molecule has 0 bridgehead atoms. The smallest absolute Gasteiger partial charge is 0.321 e. The van der Waals surface area contributed by atoms with E-state index in [9.17, 15) is 0 Å². The van der Waals surface area contributed by atoms with Crippen LogP contribution in [0.1, 0.15) is 0 Å². The molecule has 0 rings (SSSR count). The number of rotatable bonds is 7. The van der Waals surface area contributed by atoms with Gasteiger partial charge in [-0.05, 0) is 40.3 Å². The lowest BCUT2D eigenvalue weighted by Gasteiger charge is -2.22. The van der Waals surface area contributed by atoms with Gasteiger partial charge in [-0.3, -0.25) is 0 Å². The summed E-state index contributed by atoms with van der Waals surface area (Å²) in [6.07, 6.45) is 0. The standard InChI is InChI=1S/C9H23N2OSi.Al.2H/c1-10-6-7-11(2)8-9-12-13(3,4)5;;;/h6-9H2,1-5H3;;;/q-1;+1;;. The first-order chi connectivity index (χ1) is 6.31. The molecule has 0 aliphatic rings. The van der Waals surface area contributed by atoms with Crippen LogP contribution in [0.5, 0.6) is 0 Å². The van der Waals surface area contributed by atoms with Crippen LogP contribution in [0.2, 0.25) is 19.6 Å². The molecule has 0 aliphatic carbocycles. The van der Waals surface area contributed by atoms with Crippen LogP contribution in [0, 0.1) is 0 Å². The predicted octanol–water partition coefficient (Wildman–Crippen LogP) is 0.250. The van der Waals surface area contributed by atoms with E-state index in [1.807, 2.05) is 0 Å². The number of hydrogen-bond acceptors (Lipinski definition) is 3. The average molecular weight is 232 g/mol. The molecule has 0 unspecified atom stereocenters. The summed E-state index contributed by atoms with van der Waals surface area (Å²) in [6.45, 7) is 11.0. The molecule has 0 N–H and O–H groups in total. The molecular weight excluding hydrogens is 207 g/mol. The first-order valence-corrected chi connectivity index (χ1v) is 9.59. The first-order valence-electron chi connectivity index (χ1n) is 5.28. The molecule has 0 aromatic carbocycles. The third kappa shape index (κ3) is 10.7. The molecule has 5 heteroatoms. The lowest BCUT2D eigenvalue weighted by molar-refractivity contribution is 0.227. The molecule has 0 heterocycles. The third-order valence-corrected chi connectivity index (χ3v) is 3.45. The van der Waals surface area contributed by atoms with Crippen molar-refractivity contribution in [2.45, 2.75) is 19.6 Å². The van der Waals surface area contributed by atoms with Gasteiger partial charge in [0.05, 0.1) is 0 Å². The van der Waals surface area contributed by atoms with Crippen molar-refractivity contribution in [1.82, 2.24) is 8.78 Å². The van der Waals surface area contributed by atoms with Gasteiger partial charge in [-0.25, -0.2) is 0 Å². The van der Waals surface area contributed by atoms with E-state index in [0.717, 1.165) is 36.2 Å². The number of hydrogen-bond donors (Lipinski definition) is 0. The van der Waals surface area contributed by atoms with Crippen molar-refractivity contribution >= 4 is 24.8 Å². The molecule has 0 saturated heterocycles. The van der Waals surface area contributed by atoms with Gasteiger partial charge in [0.1, 0.15) is 0 Å². The Morgan fingerprint density at radius 2 is 1.64 bits per heavy atom. The van der Waals surface area contributed by atoms with E-state index in [1.165, 1.54) is 6.54 Å². The summed E-state index contributed by atoms with van der Waals surface area (Å²) in [5.41, 5.74) is 0. The molecule has 0 radical (unpaired) electrons. The maximum atomic E-state index is 5.80. The second-order valence-electron chi connectivity index (χ2n) is 5.07. The number of nitrogens with zero attached hydrogens (tertiary/aromatic N) is 2. The summed E-state index contributed by atoms with van der Waals surface area (Å²) in [7, 11) is 3.03. The van der Waals surface area contributed by atoms with E-state index in [2.05, 4.69) is 42.5 Å². The predicted molar refractivity (Wildman–Crippen MR) is 68.0 cm³/mol. The van der Waals surface area contributed by atoms with Crippen LogP contribution in [0.15, 0.2) is 0 Å². The van der Waals surface area contributed by atoms with Gasteiger partial charge < -0.3 is 13.2 Å². The number of likely N-dealkylation sites (N-methyl/N-ethyl adjacent to an activating group) is 2. The van der Waals surface area contributed by atoms with Gasteiger partial charge in [0.25, 0.3) is 0 Å². The molecule has 0 aliphatic heterocycles. The molecule has 0 amide bonds. The first kappa shape index (κ1) is 14.6. The minimum atomic E-state index is -1.30. The Hall–Kier alpha value is 0.629. The van der Waals surface area contributed by atoms with Gasteiger partial charge in [0.15, 0.2) is 8.32 Å². The zero-order valence-corrected chi connectivity index (χ0v) is 13.6. The molecule has 0 aromatic heterocycles. The molecule has 0 aromatic rings. The summed E-state index contributed by atoms with van der Waals surface area (Å²) < 4.78 is 8.14. The lowest BCUT2D eigenvalue weighted by atomic mass is 10.5. The summed E-state index contributed by atoms with van der Waals surface area (Å²) >= 11 is 1.15. The molecular formula is C9H25AlN2OSi. The molecule has 0 fully saturated rings. The van der Waals surface area contributed by atoms with Crippen molar-refractivity contribution in [1.29, 1.82) is 0 Å². The van der Waals surface area contributed by atoms with Gasteiger partial charge in [0, 0.05) is 19.7 Å². The highest BCUT2D eigenvalue weighted by Crippen LogP contribution is 2.01. The van der Waals surface area contributed by atoms with Crippen LogP contribution >= 0.6 is 0 Å². The molecule has 14 heavy (non-hydrogen) atoms. The summed E-state index contributed by atoms with van der Waals surface area (Å²) in [5.74, 6) is 0. The highest BCUT2D eigenvalue weighted by Gasteiger charge is 2.13. The quantitative estimate of drug-likeness (QED) is 0.585. The second kappa shape index (κ2) is 6.99. The zero-order valence-electron chi connectivity index (χ0n) is 10.6. The third-order valence-electron chi connectivity index (χ3n) is 1.94. The zero-order chi connectivity index (χ0) is 11.2. The molecule has 3 nitrogen and oxygen atoms in total. The maximum absolute atomic E-state index is 5.80.